The highest BCUT2D eigenvalue weighted by atomic mass is 16.3. The maximum atomic E-state index is 14.5. The summed E-state index contributed by atoms with van der Waals surface area (Å²) in [6.45, 7) is 31.7. The van der Waals surface area contributed by atoms with Crippen LogP contribution < -0.4 is 64.2 Å². The number of carbonyl (C=O) groups excluding carboxylic acids is 15. The van der Waals surface area contributed by atoms with Crippen LogP contribution in [0.3, 0.4) is 0 Å². The lowest BCUT2D eigenvalue weighted by Gasteiger charge is -2.37. The number of amides is 15. The number of nitrogens with one attached hydrogen (secondary N) is 11. The van der Waals surface area contributed by atoms with Crippen LogP contribution in [-0.2, 0) is 71.9 Å². The highest BCUT2D eigenvalue weighted by molar-refractivity contribution is 6.02. The van der Waals surface area contributed by atoms with E-state index in [4.69, 9.17) is 5.73 Å². The minimum atomic E-state index is -1.68. The summed E-state index contributed by atoms with van der Waals surface area (Å²) in [5.74, 6) is -11.4. The molecule has 0 radical (unpaired) electrons. The predicted octanol–water partition coefficient (Wildman–Crippen LogP) is -0.566. The molecule has 99 heavy (non-hydrogen) atoms. The highest BCUT2D eigenvalue weighted by Crippen LogP contribution is 2.27. The van der Waals surface area contributed by atoms with Crippen LogP contribution in [0.15, 0.2) is 0 Å². The molecule has 0 bridgehead atoms. The molecule has 11 atom stereocenters. The average molecular weight is 1400 g/mol. The van der Waals surface area contributed by atoms with Gasteiger partial charge in [0.15, 0.2) is 0 Å². The van der Waals surface area contributed by atoms with Crippen molar-refractivity contribution in [2.24, 2.45) is 29.4 Å². The minimum absolute atomic E-state index is 0.0479. The fraction of sp³-hybridized carbons (Fsp3) is 0.779. The molecule has 3 rings (SSSR count). The van der Waals surface area contributed by atoms with Crippen LogP contribution in [0.2, 0.25) is 0 Å². The summed E-state index contributed by atoms with van der Waals surface area (Å²) in [4.78, 5) is 210. The van der Waals surface area contributed by atoms with Crippen molar-refractivity contribution in [3.8, 4) is 0 Å². The van der Waals surface area contributed by atoms with Gasteiger partial charge in [-0.1, -0.05) is 68.7 Å². The Bertz CT molecular complexity index is 2990. The molecule has 560 valence electrons. The van der Waals surface area contributed by atoms with Crippen molar-refractivity contribution >= 4 is 88.6 Å². The van der Waals surface area contributed by atoms with E-state index in [0.717, 1.165) is 0 Å². The SMILES string of the molecule is CC[C@H](C)[C@H](NC(=O)[C@@](C)(CC)NC(=O)[C@@H]1CCCN1C(=O)C(C)(C)NC(=O)[C@@H](NC(=O)[C@H](C)NC(=O)[C@@H]1CCCN1C(=O)C(C)(C)NC(=O)[C@H](CC(C)C)NC(=O)[C@H](CCC(N)=O)NC(=O)C(C)(C)NC(C)=O)C(C)C)C(=O)NC(C)(C)C(=O)N1CCC[C@H]1C(=O)N[C@H](CO)C(C)C. The van der Waals surface area contributed by atoms with Crippen molar-refractivity contribution < 1.29 is 77.0 Å². The zero-order chi connectivity index (χ0) is 75.8. The Morgan fingerprint density at radius 2 is 0.919 bits per heavy atom. The van der Waals surface area contributed by atoms with Gasteiger partial charge in [-0.05, 0) is 151 Å². The first-order valence-electron chi connectivity index (χ1n) is 34.9. The standard InChI is InChI=1S/C68H117N15O16/c1-21-39(9)50(58(94)79-67(18,19)62(98)82-32-24-27-46(82)55(91)72-44(35-84)37(5)6)75-60(96)68(20,22-2)80-56(92)47-28-25-33-83(47)63(99)66(16,17)78-57(93)49(38(7)8)74-51(87)40(10)70-54(90)45-26-23-31-81(45)61(97)65(14,15)77-53(89)43(34-36(3)4)71-52(88)42(29-30-48(69)86)73-59(95)64(12,13)76-41(11)85/h36-40,42-47,49-50,84H,21-35H2,1-20H3,(H2,69,86)(H,70,90)(H,71,88)(H,72,91)(H,73,95)(H,74,87)(H,75,96)(H,76,85)(H,77,89)(H,78,93)(H,79,94)(H,80,92)/t39-,40-,42-,43-,44+,45-,46-,47-,49-,50-,68+/m0/s1. The van der Waals surface area contributed by atoms with Crippen LogP contribution in [0.25, 0.3) is 0 Å². The van der Waals surface area contributed by atoms with Crippen molar-refractivity contribution in [2.75, 3.05) is 26.2 Å². The van der Waals surface area contributed by atoms with Gasteiger partial charge in [-0.2, -0.15) is 0 Å². The molecule has 31 nitrogen and oxygen atoms in total. The van der Waals surface area contributed by atoms with E-state index in [0.29, 0.717) is 32.1 Å². The second-order valence-corrected chi connectivity index (χ2v) is 30.4. The Morgan fingerprint density at radius 3 is 1.32 bits per heavy atom. The number of nitrogens with two attached hydrogens (primary N) is 1. The van der Waals surface area contributed by atoms with E-state index in [9.17, 15) is 77.0 Å². The van der Waals surface area contributed by atoms with E-state index in [1.807, 2.05) is 20.8 Å². The summed E-state index contributed by atoms with van der Waals surface area (Å²) >= 11 is 0. The molecule has 0 aliphatic carbocycles. The Labute approximate surface area is 583 Å². The first-order chi connectivity index (χ1) is 45.6. The highest BCUT2D eigenvalue weighted by Gasteiger charge is 2.49. The quantitative estimate of drug-likeness (QED) is 0.0378. The van der Waals surface area contributed by atoms with Crippen LogP contribution in [0, 0.1) is 23.7 Å². The lowest BCUT2D eigenvalue weighted by atomic mass is 9.92. The molecular formula is C68H117N15O16. The summed E-state index contributed by atoms with van der Waals surface area (Å²) in [6, 6.07) is -9.86. The molecule has 3 fully saturated rings. The van der Waals surface area contributed by atoms with E-state index >= 15 is 0 Å². The second kappa shape index (κ2) is 35.9. The number of aliphatic hydroxyl groups is 1. The maximum absolute atomic E-state index is 14.5. The lowest BCUT2D eigenvalue weighted by molar-refractivity contribution is -0.147. The van der Waals surface area contributed by atoms with Gasteiger partial charge in [-0.15, -0.1) is 0 Å². The number of nitrogens with zero attached hydrogens (tertiary/aromatic N) is 3. The molecule has 0 unspecified atom stereocenters. The van der Waals surface area contributed by atoms with Crippen LogP contribution >= 0.6 is 0 Å². The monoisotopic (exact) mass is 1400 g/mol. The van der Waals surface area contributed by atoms with Gasteiger partial charge in [-0.3, -0.25) is 71.9 Å². The number of rotatable bonds is 35. The van der Waals surface area contributed by atoms with Crippen LogP contribution in [-0.4, -0.2) is 217 Å². The summed E-state index contributed by atoms with van der Waals surface area (Å²) in [7, 11) is 0. The smallest absolute Gasteiger partial charge is 0.248 e. The molecule has 31 heteroatoms. The van der Waals surface area contributed by atoms with Gasteiger partial charge in [0.25, 0.3) is 0 Å². The number of aliphatic hydroxyl groups excluding tert-OH is 1. The average Bonchev–Trinajstić information content (AvgIpc) is 1.78. The third-order valence-corrected chi connectivity index (χ3v) is 18.8. The number of primary amides is 1. The van der Waals surface area contributed by atoms with E-state index in [1.165, 1.54) is 90.9 Å². The Balaban J connectivity index is 1.70. The van der Waals surface area contributed by atoms with Gasteiger partial charge in [0, 0.05) is 33.0 Å². The molecule has 3 saturated heterocycles. The number of carbonyl (C=O) groups is 15. The van der Waals surface area contributed by atoms with Crippen LogP contribution in [0.5, 0.6) is 0 Å². The first kappa shape index (κ1) is 85.2. The van der Waals surface area contributed by atoms with Gasteiger partial charge in [-0.25, -0.2) is 0 Å². The molecule has 0 spiro atoms. The normalized spacial score (nSPS) is 19.4. The largest absolute Gasteiger partial charge is 0.394 e. The van der Waals surface area contributed by atoms with Gasteiger partial charge in [0.05, 0.1) is 12.6 Å². The molecule has 3 heterocycles. The van der Waals surface area contributed by atoms with E-state index < -0.39 is 183 Å². The summed E-state index contributed by atoms with van der Waals surface area (Å²) < 4.78 is 0. The van der Waals surface area contributed by atoms with Crippen molar-refractivity contribution in [1.82, 2.24) is 73.2 Å². The van der Waals surface area contributed by atoms with Crippen LogP contribution in [0.4, 0.5) is 0 Å². The summed E-state index contributed by atoms with van der Waals surface area (Å²) in [6.07, 6.45) is 2.10. The van der Waals surface area contributed by atoms with Crippen molar-refractivity contribution in [1.29, 1.82) is 0 Å². The molecular weight excluding hydrogens is 1280 g/mol. The van der Waals surface area contributed by atoms with Crippen LogP contribution in [0.1, 0.15) is 209 Å². The molecule has 3 aliphatic heterocycles. The van der Waals surface area contributed by atoms with E-state index in [2.05, 4.69) is 58.5 Å². The van der Waals surface area contributed by atoms with E-state index in [-0.39, 0.29) is 76.6 Å². The van der Waals surface area contributed by atoms with Gasteiger partial charge >= 0.3 is 0 Å². The van der Waals surface area contributed by atoms with Crippen molar-refractivity contribution in [2.45, 2.75) is 291 Å². The minimum Gasteiger partial charge on any atom is -0.394 e. The molecule has 15 amide bonds. The predicted molar refractivity (Wildman–Crippen MR) is 367 cm³/mol. The number of hydrogen-bond acceptors (Lipinski definition) is 16. The molecule has 0 aromatic rings. The zero-order valence-electron chi connectivity index (χ0n) is 62.1. The van der Waals surface area contributed by atoms with Gasteiger partial charge < -0.3 is 84.0 Å². The molecule has 0 aromatic heterocycles. The summed E-state index contributed by atoms with van der Waals surface area (Å²) in [5.41, 5.74) is -2.61. The lowest BCUT2D eigenvalue weighted by Crippen LogP contribution is -2.66. The van der Waals surface area contributed by atoms with Crippen molar-refractivity contribution in [3.63, 3.8) is 0 Å². The van der Waals surface area contributed by atoms with E-state index in [1.54, 1.807) is 41.5 Å². The Kier molecular flexibility index (Phi) is 30.9. The second-order valence-electron chi connectivity index (χ2n) is 30.4. The molecule has 0 saturated carbocycles. The van der Waals surface area contributed by atoms with Crippen molar-refractivity contribution in [3.05, 3.63) is 0 Å². The molecule has 0 aromatic carbocycles. The number of likely N-dealkylation sites (tertiary alicyclic amines) is 3. The third-order valence-electron chi connectivity index (χ3n) is 18.8. The Morgan fingerprint density at radius 1 is 0.475 bits per heavy atom. The topological polar surface area (TPSA) is 444 Å². The third kappa shape index (κ3) is 23.3. The van der Waals surface area contributed by atoms with Gasteiger partial charge in [0.2, 0.25) is 88.6 Å². The number of hydrogen-bond donors (Lipinski definition) is 13. The fourth-order valence-electron chi connectivity index (χ4n) is 12.2. The fourth-order valence-corrected chi connectivity index (χ4v) is 12.2. The maximum Gasteiger partial charge on any atom is 0.248 e. The first-order valence-corrected chi connectivity index (χ1v) is 34.9. The zero-order valence-corrected chi connectivity index (χ0v) is 62.1. The Hall–Kier alpha value is -7.99. The van der Waals surface area contributed by atoms with Gasteiger partial charge in [0.1, 0.15) is 76.0 Å². The molecule has 14 N–H and O–H groups in total. The molecule has 3 aliphatic rings. The summed E-state index contributed by atoms with van der Waals surface area (Å²) in [5, 5.41) is 39.5.